The molecule has 0 saturated heterocycles. The highest BCUT2D eigenvalue weighted by atomic mass is 79.9. The highest BCUT2D eigenvalue weighted by Gasteiger charge is 2.08. The predicted molar refractivity (Wildman–Crippen MR) is 95.4 cm³/mol. The van der Waals surface area contributed by atoms with Gasteiger partial charge in [-0.2, -0.15) is 0 Å². The summed E-state index contributed by atoms with van der Waals surface area (Å²) in [5.41, 5.74) is 2.90. The fraction of sp³-hybridized carbons (Fsp3) is 0.278. The highest BCUT2D eigenvalue weighted by molar-refractivity contribution is 9.10. The average molecular weight is 378 g/mol. The standard InChI is InChI=1S/C18H20BrNO3/c1-12-10-14(19)6-7-15(12)20-18(21)9-5-13-4-8-16(22-2)17(11-13)23-3/h4,6-8,10-11H,5,9H2,1-3H3,(H,20,21). The molecular weight excluding hydrogens is 358 g/mol. The lowest BCUT2D eigenvalue weighted by Gasteiger charge is -2.11. The maximum absolute atomic E-state index is 12.1. The predicted octanol–water partition coefficient (Wildman–Crippen LogP) is 4.35. The molecule has 4 nitrogen and oxygen atoms in total. The van der Waals surface area contributed by atoms with E-state index in [0.29, 0.717) is 24.3 Å². The molecule has 2 aromatic rings. The Kier molecular flexibility index (Phi) is 6.04. The third-order valence-electron chi connectivity index (χ3n) is 3.55. The minimum absolute atomic E-state index is 0.00907. The van der Waals surface area contributed by atoms with E-state index in [1.807, 2.05) is 43.3 Å². The van der Waals surface area contributed by atoms with Crippen LogP contribution in [0.5, 0.6) is 11.5 Å². The van der Waals surface area contributed by atoms with Crippen molar-refractivity contribution in [2.24, 2.45) is 0 Å². The van der Waals surface area contributed by atoms with Crippen LogP contribution in [0.15, 0.2) is 40.9 Å². The topological polar surface area (TPSA) is 47.6 Å². The summed E-state index contributed by atoms with van der Waals surface area (Å²) in [6.07, 6.45) is 1.05. The molecule has 0 saturated carbocycles. The molecule has 122 valence electrons. The van der Waals surface area contributed by atoms with E-state index in [1.54, 1.807) is 14.2 Å². The number of ether oxygens (including phenoxy) is 2. The van der Waals surface area contributed by atoms with Crippen molar-refractivity contribution in [3.8, 4) is 11.5 Å². The molecule has 23 heavy (non-hydrogen) atoms. The minimum atomic E-state index is -0.00907. The van der Waals surface area contributed by atoms with Gasteiger partial charge in [0, 0.05) is 16.6 Å². The van der Waals surface area contributed by atoms with Gasteiger partial charge in [-0.3, -0.25) is 4.79 Å². The molecule has 0 spiro atoms. The fourth-order valence-electron chi connectivity index (χ4n) is 2.27. The second-order valence-electron chi connectivity index (χ2n) is 5.20. The number of hydrogen-bond acceptors (Lipinski definition) is 3. The quantitative estimate of drug-likeness (QED) is 0.813. The summed E-state index contributed by atoms with van der Waals surface area (Å²) in [5.74, 6) is 1.35. The second-order valence-corrected chi connectivity index (χ2v) is 6.11. The Hall–Kier alpha value is -2.01. The van der Waals surface area contributed by atoms with Crippen LogP contribution < -0.4 is 14.8 Å². The first-order chi connectivity index (χ1) is 11.0. The molecule has 0 aromatic heterocycles. The molecule has 1 amide bonds. The van der Waals surface area contributed by atoms with E-state index in [2.05, 4.69) is 21.2 Å². The molecule has 2 rings (SSSR count). The van der Waals surface area contributed by atoms with Crippen molar-refractivity contribution in [3.63, 3.8) is 0 Å². The van der Waals surface area contributed by atoms with Gasteiger partial charge >= 0.3 is 0 Å². The Morgan fingerprint density at radius 3 is 2.48 bits per heavy atom. The number of hydrogen-bond donors (Lipinski definition) is 1. The van der Waals surface area contributed by atoms with Crippen LogP contribution in [0.3, 0.4) is 0 Å². The van der Waals surface area contributed by atoms with Crippen LogP contribution in [0.2, 0.25) is 0 Å². The van der Waals surface area contributed by atoms with Crippen LogP contribution in [-0.4, -0.2) is 20.1 Å². The third kappa shape index (κ3) is 4.73. The van der Waals surface area contributed by atoms with Crippen LogP contribution in [0.4, 0.5) is 5.69 Å². The Labute approximate surface area is 144 Å². The average Bonchev–Trinajstić information content (AvgIpc) is 2.55. The number of carbonyl (C=O) groups excluding carboxylic acids is 1. The van der Waals surface area contributed by atoms with Gasteiger partial charge in [0.25, 0.3) is 0 Å². The lowest BCUT2D eigenvalue weighted by molar-refractivity contribution is -0.116. The molecule has 0 fully saturated rings. The number of amides is 1. The van der Waals surface area contributed by atoms with Crippen molar-refractivity contribution < 1.29 is 14.3 Å². The Morgan fingerprint density at radius 1 is 1.09 bits per heavy atom. The van der Waals surface area contributed by atoms with Gasteiger partial charge in [-0.05, 0) is 54.8 Å². The van der Waals surface area contributed by atoms with E-state index in [0.717, 1.165) is 21.3 Å². The van der Waals surface area contributed by atoms with E-state index in [1.165, 1.54) is 0 Å². The van der Waals surface area contributed by atoms with Gasteiger partial charge in [0.15, 0.2) is 11.5 Å². The Balaban J connectivity index is 1.96. The van der Waals surface area contributed by atoms with Crippen LogP contribution >= 0.6 is 15.9 Å². The van der Waals surface area contributed by atoms with Gasteiger partial charge in [0.2, 0.25) is 5.91 Å². The first kappa shape index (κ1) is 17.3. The molecule has 0 aliphatic carbocycles. The summed E-state index contributed by atoms with van der Waals surface area (Å²) < 4.78 is 11.5. The Morgan fingerprint density at radius 2 is 1.83 bits per heavy atom. The highest BCUT2D eigenvalue weighted by Crippen LogP contribution is 2.28. The van der Waals surface area contributed by atoms with Crippen molar-refractivity contribution >= 4 is 27.5 Å². The molecule has 2 aromatic carbocycles. The Bertz CT molecular complexity index is 701. The molecule has 0 atom stereocenters. The van der Waals surface area contributed by atoms with Crippen molar-refractivity contribution in [2.45, 2.75) is 19.8 Å². The third-order valence-corrected chi connectivity index (χ3v) is 4.04. The van der Waals surface area contributed by atoms with Crippen LogP contribution in [0.1, 0.15) is 17.5 Å². The van der Waals surface area contributed by atoms with Crippen LogP contribution in [0, 0.1) is 6.92 Å². The monoisotopic (exact) mass is 377 g/mol. The van der Waals surface area contributed by atoms with Crippen molar-refractivity contribution in [1.29, 1.82) is 0 Å². The van der Waals surface area contributed by atoms with Crippen molar-refractivity contribution in [1.82, 2.24) is 0 Å². The van der Waals surface area contributed by atoms with Crippen LogP contribution in [-0.2, 0) is 11.2 Å². The zero-order valence-corrected chi connectivity index (χ0v) is 15.1. The SMILES string of the molecule is COc1ccc(CCC(=O)Nc2ccc(Br)cc2C)cc1OC. The normalized spacial score (nSPS) is 10.3. The first-order valence-corrected chi connectivity index (χ1v) is 8.09. The molecule has 5 heteroatoms. The molecule has 0 aliphatic rings. The molecule has 0 radical (unpaired) electrons. The van der Waals surface area contributed by atoms with E-state index in [-0.39, 0.29) is 5.91 Å². The summed E-state index contributed by atoms with van der Waals surface area (Å²) in [6.45, 7) is 1.97. The van der Waals surface area contributed by atoms with E-state index in [4.69, 9.17) is 9.47 Å². The number of nitrogens with one attached hydrogen (secondary N) is 1. The smallest absolute Gasteiger partial charge is 0.224 e. The van der Waals surface area contributed by atoms with E-state index in [9.17, 15) is 4.79 Å². The molecule has 0 aliphatic heterocycles. The van der Waals surface area contributed by atoms with Gasteiger partial charge in [0.05, 0.1) is 14.2 Å². The number of carbonyl (C=O) groups is 1. The molecular formula is C18H20BrNO3. The lowest BCUT2D eigenvalue weighted by atomic mass is 10.1. The number of aryl methyl sites for hydroxylation is 2. The maximum atomic E-state index is 12.1. The largest absolute Gasteiger partial charge is 0.493 e. The number of anilines is 1. The number of methoxy groups -OCH3 is 2. The molecule has 0 unspecified atom stereocenters. The van der Waals surface area contributed by atoms with Gasteiger partial charge in [-0.25, -0.2) is 0 Å². The summed E-state index contributed by atoms with van der Waals surface area (Å²) >= 11 is 3.41. The van der Waals surface area contributed by atoms with Gasteiger partial charge < -0.3 is 14.8 Å². The van der Waals surface area contributed by atoms with E-state index >= 15 is 0 Å². The lowest BCUT2D eigenvalue weighted by Crippen LogP contribution is -2.13. The van der Waals surface area contributed by atoms with E-state index < -0.39 is 0 Å². The van der Waals surface area contributed by atoms with Crippen molar-refractivity contribution in [2.75, 3.05) is 19.5 Å². The number of halogens is 1. The first-order valence-electron chi connectivity index (χ1n) is 7.30. The number of benzene rings is 2. The van der Waals surface area contributed by atoms with Gasteiger partial charge in [0.1, 0.15) is 0 Å². The molecule has 1 N–H and O–H groups in total. The van der Waals surface area contributed by atoms with Crippen molar-refractivity contribution in [3.05, 3.63) is 52.0 Å². The zero-order chi connectivity index (χ0) is 16.8. The molecule has 0 heterocycles. The summed E-state index contributed by atoms with van der Waals surface area (Å²) in [4.78, 5) is 12.1. The maximum Gasteiger partial charge on any atom is 0.224 e. The van der Waals surface area contributed by atoms with Gasteiger partial charge in [-0.15, -0.1) is 0 Å². The summed E-state index contributed by atoms with van der Waals surface area (Å²) in [7, 11) is 3.20. The second kappa shape index (κ2) is 8.02. The number of rotatable bonds is 6. The molecule has 0 bridgehead atoms. The zero-order valence-electron chi connectivity index (χ0n) is 13.5. The van der Waals surface area contributed by atoms with Gasteiger partial charge in [-0.1, -0.05) is 22.0 Å². The minimum Gasteiger partial charge on any atom is -0.493 e. The summed E-state index contributed by atoms with van der Waals surface area (Å²) in [5, 5.41) is 2.94. The van der Waals surface area contributed by atoms with Crippen LogP contribution in [0.25, 0.3) is 0 Å². The summed E-state index contributed by atoms with van der Waals surface area (Å²) in [6, 6.07) is 11.5. The fourth-order valence-corrected chi connectivity index (χ4v) is 2.75.